The molecule has 2 aliphatic rings. The molecule has 0 heterocycles. The van der Waals surface area contributed by atoms with E-state index in [1.54, 1.807) is 0 Å². The summed E-state index contributed by atoms with van der Waals surface area (Å²) in [5.41, 5.74) is 1.69. The highest BCUT2D eigenvalue weighted by molar-refractivity contribution is 5.79. The van der Waals surface area contributed by atoms with Crippen LogP contribution in [0.5, 0.6) is 0 Å². The van der Waals surface area contributed by atoms with Gasteiger partial charge >= 0.3 is 0 Å². The van der Waals surface area contributed by atoms with Crippen LogP contribution < -0.4 is 10.6 Å². The van der Waals surface area contributed by atoms with E-state index in [9.17, 15) is 0 Å². The van der Waals surface area contributed by atoms with Crippen LogP contribution in [0.15, 0.2) is 35.3 Å². The maximum atomic E-state index is 5.67. The molecular weight excluding hydrogens is 286 g/mol. The van der Waals surface area contributed by atoms with E-state index in [0.717, 1.165) is 44.7 Å². The fourth-order valence-corrected chi connectivity index (χ4v) is 2.83. The van der Waals surface area contributed by atoms with Gasteiger partial charge in [-0.25, -0.2) is 0 Å². The van der Waals surface area contributed by atoms with Crippen LogP contribution >= 0.6 is 0 Å². The lowest BCUT2D eigenvalue weighted by atomic mass is 9.96. The second-order valence-corrected chi connectivity index (χ2v) is 6.79. The fourth-order valence-electron chi connectivity index (χ4n) is 2.83. The van der Waals surface area contributed by atoms with Gasteiger partial charge in [-0.3, -0.25) is 4.99 Å². The Bertz CT molecular complexity index is 507. The Morgan fingerprint density at radius 2 is 2.00 bits per heavy atom. The van der Waals surface area contributed by atoms with Gasteiger partial charge in [0.15, 0.2) is 5.96 Å². The number of hydrogen-bond donors (Lipinski definition) is 2. The van der Waals surface area contributed by atoms with E-state index in [4.69, 9.17) is 9.73 Å². The number of aliphatic imine (C=N–C) groups is 1. The highest BCUT2D eigenvalue weighted by Gasteiger charge is 2.43. The summed E-state index contributed by atoms with van der Waals surface area (Å²) in [5.74, 6) is 1.74. The fraction of sp³-hybridized carbons (Fsp3) is 0.632. The summed E-state index contributed by atoms with van der Waals surface area (Å²) in [6, 6.07) is 10.8. The molecule has 4 nitrogen and oxygen atoms in total. The van der Waals surface area contributed by atoms with Crippen LogP contribution in [0.1, 0.15) is 38.2 Å². The molecule has 0 amide bonds. The number of nitrogens with zero attached hydrogens (tertiary/aromatic N) is 1. The topological polar surface area (TPSA) is 45.7 Å². The van der Waals surface area contributed by atoms with E-state index in [1.165, 1.54) is 31.2 Å². The first-order valence-corrected chi connectivity index (χ1v) is 8.98. The molecule has 2 saturated carbocycles. The second-order valence-electron chi connectivity index (χ2n) is 6.79. The predicted octanol–water partition coefficient (Wildman–Crippen LogP) is 2.70. The highest BCUT2D eigenvalue weighted by atomic mass is 16.5. The third kappa shape index (κ3) is 4.96. The summed E-state index contributed by atoms with van der Waals surface area (Å²) in [7, 11) is 0. The number of ether oxygens (including phenoxy) is 1. The van der Waals surface area contributed by atoms with Crippen LogP contribution in [0.2, 0.25) is 0 Å². The molecule has 0 atom stereocenters. The average Bonchev–Trinajstić information content (AvgIpc) is 3.48. The molecule has 0 bridgehead atoms. The average molecular weight is 315 g/mol. The van der Waals surface area contributed by atoms with Crippen LogP contribution in [-0.2, 0) is 10.2 Å². The van der Waals surface area contributed by atoms with E-state index >= 15 is 0 Å². The van der Waals surface area contributed by atoms with Crippen molar-refractivity contribution in [2.45, 2.75) is 38.0 Å². The maximum absolute atomic E-state index is 5.67. The normalized spacial score (nSPS) is 19.4. The molecular formula is C19H29N3O. The van der Waals surface area contributed by atoms with Gasteiger partial charge in [0.2, 0.25) is 0 Å². The molecule has 2 fully saturated rings. The first kappa shape index (κ1) is 16.3. The van der Waals surface area contributed by atoms with Crippen LogP contribution in [0.25, 0.3) is 0 Å². The highest BCUT2D eigenvalue weighted by Crippen LogP contribution is 2.48. The van der Waals surface area contributed by atoms with E-state index in [2.05, 4.69) is 47.9 Å². The van der Waals surface area contributed by atoms with Gasteiger partial charge in [0, 0.05) is 25.1 Å². The third-order valence-corrected chi connectivity index (χ3v) is 4.71. The SMILES string of the molecule is CCNC(=NCC1(c2ccccc2)CC1)NCCOCC1CC1. The summed E-state index contributed by atoms with van der Waals surface area (Å²) in [4.78, 5) is 4.81. The monoisotopic (exact) mass is 315 g/mol. The van der Waals surface area contributed by atoms with E-state index in [-0.39, 0.29) is 5.41 Å². The van der Waals surface area contributed by atoms with Crippen LogP contribution in [0, 0.1) is 5.92 Å². The summed E-state index contributed by atoms with van der Waals surface area (Å²) in [6.45, 7) is 6.33. The van der Waals surface area contributed by atoms with Gasteiger partial charge in [0.1, 0.15) is 0 Å². The smallest absolute Gasteiger partial charge is 0.191 e. The summed E-state index contributed by atoms with van der Waals surface area (Å²) >= 11 is 0. The first-order chi connectivity index (χ1) is 11.3. The van der Waals surface area contributed by atoms with Crippen LogP contribution in [0.4, 0.5) is 0 Å². The number of nitrogens with one attached hydrogen (secondary N) is 2. The van der Waals surface area contributed by atoms with Crippen LogP contribution in [0.3, 0.4) is 0 Å². The van der Waals surface area contributed by atoms with Crippen molar-refractivity contribution >= 4 is 5.96 Å². The molecule has 1 aromatic carbocycles. The van der Waals surface area contributed by atoms with Gasteiger partial charge in [-0.1, -0.05) is 30.3 Å². The Morgan fingerprint density at radius 1 is 1.22 bits per heavy atom. The molecule has 3 rings (SSSR count). The Labute approximate surface area is 139 Å². The van der Waals surface area contributed by atoms with Crippen molar-refractivity contribution in [1.29, 1.82) is 0 Å². The van der Waals surface area contributed by atoms with Crippen molar-refractivity contribution in [3.05, 3.63) is 35.9 Å². The lowest BCUT2D eigenvalue weighted by molar-refractivity contribution is 0.129. The quantitative estimate of drug-likeness (QED) is 0.418. The van der Waals surface area contributed by atoms with Crippen molar-refractivity contribution in [2.75, 3.05) is 32.8 Å². The summed E-state index contributed by atoms with van der Waals surface area (Å²) in [6.07, 6.45) is 5.17. The molecule has 0 radical (unpaired) electrons. The van der Waals surface area contributed by atoms with Crippen LogP contribution in [-0.4, -0.2) is 38.8 Å². The van der Waals surface area contributed by atoms with E-state index in [1.807, 2.05) is 0 Å². The van der Waals surface area contributed by atoms with Gasteiger partial charge in [-0.2, -0.15) is 0 Å². The van der Waals surface area contributed by atoms with E-state index < -0.39 is 0 Å². The first-order valence-electron chi connectivity index (χ1n) is 8.98. The molecule has 4 heteroatoms. The molecule has 0 unspecified atom stereocenters. The molecule has 126 valence electrons. The molecule has 0 aromatic heterocycles. The minimum atomic E-state index is 0.270. The van der Waals surface area contributed by atoms with Gasteiger partial charge < -0.3 is 15.4 Å². The molecule has 2 aliphatic carbocycles. The van der Waals surface area contributed by atoms with Crippen molar-refractivity contribution < 1.29 is 4.74 Å². The zero-order valence-electron chi connectivity index (χ0n) is 14.2. The molecule has 2 N–H and O–H groups in total. The third-order valence-electron chi connectivity index (χ3n) is 4.71. The minimum absolute atomic E-state index is 0.270. The molecule has 1 aromatic rings. The Kier molecular flexibility index (Phi) is 5.55. The molecule has 0 aliphatic heterocycles. The van der Waals surface area contributed by atoms with E-state index in [0.29, 0.717) is 0 Å². The number of benzene rings is 1. The van der Waals surface area contributed by atoms with Gasteiger partial charge in [-0.15, -0.1) is 0 Å². The largest absolute Gasteiger partial charge is 0.379 e. The molecule has 0 spiro atoms. The van der Waals surface area contributed by atoms with Crippen molar-refractivity contribution in [1.82, 2.24) is 10.6 Å². The number of hydrogen-bond acceptors (Lipinski definition) is 2. The Balaban J connectivity index is 1.46. The lowest BCUT2D eigenvalue weighted by Gasteiger charge is -2.16. The standard InChI is InChI=1S/C19H29N3O/c1-2-20-18(21-12-13-23-14-16-8-9-16)22-15-19(10-11-19)17-6-4-3-5-7-17/h3-7,16H,2,8-15H2,1H3,(H2,20,21,22). The second kappa shape index (κ2) is 7.82. The summed E-state index contributed by atoms with van der Waals surface area (Å²) < 4.78 is 5.67. The zero-order chi connectivity index (χ0) is 16.0. The predicted molar refractivity (Wildman–Crippen MR) is 94.9 cm³/mol. The summed E-state index contributed by atoms with van der Waals surface area (Å²) in [5, 5.41) is 6.71. The van der Waals surface area contributed by atoms with Gasteiger partial charge in [0.25, 0.3) is 0 Å². The lowest BCUT2D eigenvalue weighted by Crippen LogP contribution is -2.39. The van der Waals surface area contributed by atoms with Crippen molar-refractivity contribution in [3.63, 3.8) is 0 Å². The zero-order valence-corrected chi connectivity index (χ0v) is 14.2. The number of guanidine groups is 1. The van der Waals surface area contributed by atoms with Gasteiger partial charge in [-0.05, 0) is 44.1 Å². The molecule has 0 saturated heterocycles. The van der Waals surface area contributed by atoms with Crippen molar-refractivity contribution in [2.24, 2.45) is 10.9 Å². The molecule has 23 heavy (non-hydrogen) atoms. The maximum Gasteiger partial charge on any atom is 0.191 e. The Hall–Kier alpha value is -1.55. The van der Waals surface area contributed by atoms with Gasteiger partial charge in [0.05, 0.1) is 13.2 Å². The minimum Gasteiger partial charge on any atom is -0.379 e. The van der Waals surface area contributed by atoms with Crippen molar-refractivity contribution in [3.8, 4) is 0 Å². The number of rotatable bonds is 9. The Morgan fingerprint density at radius 3 is 2.65 bits per heavy atom.